The van der Waals surface area contributed by atoms with E-state index in [2.05, 4.69) is 24.1 Å². The van der Waals surface area contributed by atoms with Gasteiger partial charge in [-0.2, -0.15) is 0 Å². The molecule has 0 aliphatic carbocycles. The Kier molecular flexibility index (Phi) is 3.75. The van der Waals surface area contributed by atoms with Crippen LogP contribution in [-0.2, 0) is 17.8 Å². The number of rotatable bonds is 4. The fraction of sp³-hybridized carbons (Fsp3) is 0.636. The van der Waals surface area contributed by atoms with Crippen molar-refractivity contribution in [2.75, 3.05) is 20.3 Å². The molecule has 2 rings (SSSR count). The highest BCUT2D eigenvalue weighted by Gasteiger charge is 2.20. The number of thiophene rings is 1. The Hall–Kier alpha value is -0.420. The van der Waals surface area contributed by atoms with Crippen molar-refractivity contribution in [3.8, 4) is 0 Å². The first-order chi connectivity index (χ1) is 7.29. The third-order valence-corrected chi connectivity index (χ3v) is 3.95. The Morgan fingerprint density at radius 1 is 1.53 bits per heavy atom. The fourth-order valence-corrected chi connectivity index (χ4v) is 2.82. The largest absolute Gasteiger partial charge is 0.380 e. The van der Waals surface area contributed by atoms with Crippen LogP contribution in [0.25, 0.3) is 0 Å². The normalized spacial score (nSPS) is 21.4. The van der Waals surface area contributed by atoms with Crippen molar-refractivity contribution in [3.05, 3.63) is 21.9 Å². The molecule has 2 heterocycles. The summed E-state index contributed by atoms with van der Waals surface area (Å²) in [4.78, 5) is 5.03. The second-order valence-corrected chi connectivity index (χ2v) is 5.26. The minimum atomic E-state index is 0.591. The molecule has 1 aliphatic heterocycles. The van der Waals surface area contributed by atoms with Gasteiger partial charge in [-0.05, 0) is 25.6 Å². The minimum Gasteiger partial charge on any atom is -0.380 e. The van der Waals surface area contributed by atoms with Gasteiger partial charge in [-0.3, -0.25) is 4.90 Å². The molecule has 1 aliphatic rings. The molecular formula is C11H18N2OS. The molecule has 0 radical (unpaired) electrons. The molecule has 4 heteroatoms. The van der Waals surface area contributed by atoms with E-state index in [1.165, 1.54) is 9.75 Å². The summed E-state index contributed by atoms with van der Waals surface area (Å²) < 4.78 is 5.38. The lowest BCUT2D eigenvalue weighted by molar-refractivity contribution is 0.157. The van der Waals surface area contributed by atoms with Gasteiger partial charge in [0.05, 0.1) is 6.61 Å². The first-order valence-electron chi connectivity index (χ1n) is 5.35. The van der Waals surface area contributed by atoms with Crippen LogP contribution in [0, 0.1) is 0 Å². The van der Waals surface area contributed by atoms with E-state index in [1.807, 2.05) is 11.3 Å². The van der Waals surface area contributed by atoms with Crippen LogP contribution < -0.4 is 5.73 Å². The first kappa shape index (κ1) is 11.1. The molecule has 84 valence electrons. The number of nitrogens with two attached hydrogens (primary N) is 1. The maximum absolute atomic E-state index is 5.59. The van der Waals surface area contributed by atoms with Crippen LogP contribution in [0.1, 0.15) is 16.2 Å². The lowest BCUT2D eigenvalue weighted by Crippen LogP contribution is -2.30. The van der Waals surface area contributed by atoms with Gasteiger partial charge in [0.1, 0.15) is 0 Å². The molecule has 0 aromatic carbocycles. The average molecular weight is 226 g/mol. The van der Waals surface area contributed by atoms with Crippen LogP contribution in [0.5, 0.6) is 0 Å². The third-order valence-electron chi connectivity index (χ3n) is 2.85. The molecular weight excluding hydrogens is 208 g/mol. The van der Waals surface area contributed by atoms with Gasteiger partial charge in [0.15, 0.2) is 0 Å². The number of nitrogens with zero attached hydrogens (tertiary/aromatic N) is 1. The molecule has 3 nitrogen and oxygen atoms in total. The quantitative estimate of drug-likeness (QED) is 0.844. The maximum atomic E-state index is 5.59. The highest BCUT2D eigenvalue weighted by atomic mass is 32.1. The van der Waals surface area contributed by atoms with E-state index in [9.17, 15) is 0 Å². The van der Waals surface area contributed by atoms with E-state index >= 15 is 0 Å². The van der Waals surface area contributed by atoms with E-state index in [1.54, 1.807) is 0 Å². The topological polar surface area (TPSA) is 38.5 Å². The first-order valence-corrected chi connectivity index (χ1v) is 6.17. The van der Waals surface area contributed by atoms with Gasteiger partial charge in [-0.15, -0.1) is 11.3 Å². The second kappa shape index (κ2) is 5.07. The van der Waals surface area contributed by atoms with Crippen LogP contribution in [-0.4, -0.2) is 31.2 Å². The second-order valence-electron chi connectivity index (χ2n) is 4.00. The maximum Gasteiger partial charge on any atom is 0.0622 e. The van der Waals surface area contributed by atoms with Gasteiger partial charge in [-0.25, -0.2) is 0 Å². The van der Waals surface area contributed by atoms with Gasteiger partial charge in [0, 0.05) is 35.5 Å². The molecule has 0 bridgehead atoms. The Balaban J connectivity index is 1.89. The molecule has 1 saturated heterocycles. The van der Waals surface area contributed by atoms with Crippen molar-refractivity contribution in [1.82, 2.24) is 4.90 Å². The van der Waals surface area contributed by atoms with Crippen molar-refractivity contribution in [2.24, 2.45) is 5.73 Å². The van der Waals surface area contributed by atoms with Crippen LogP contribution in [0.15, 0.2) is 12.1 Å². The number of hydrogen-bond acceptors (Lipinski definition) is 4. The summed E-state index contributed by atoms with van der Waals surface area (Å²) in [6, 6.07) is 4.89. The van der Waals surface area contributed by atoms with Crippen molar-refractivity contribution >= 4 is 11.3 Å². The van der Waals surface area contributed by atoms with Crippen LogP contribution in [0.4, 0.5) is 0 Å². The van der Waals surface area contributed by atoms with Crippen molar-refractivity contribution < 1.29 is 4.74 Å². The molecule has 1 fully saturated rings. The predicted octanol–water partition coefficient (Wildman–Crippen LogP) is 1.43. The lowest BCUT2D eigenvalue weighted by atomic mass is 10.2. The van der Waals surface area contributed by atoms with Crippen LogP contribution >= 0.6 is 11.3 Å². The number of likely N-dealkylation sites (N-methyl/N-ethyl adjacent to an activating group) is 1. The molecule has 0 amide bonds. The minimum absolute atomic E-state index is 0.591. The van der Waals surface area contributed by atoms with E-state index in [0.717, 1.165) is 26.2 Å². The molecule has 1 unspecified atom stereocenters. The lowest BCUT2D eigenvalue weighted by Gasteiger charge is -2.21. The standard InChI is InChI=1S/C11H18N2OS/c1-13(9-4-5-14-8-9)7-11-3-2-10(6-12)15-11/h2-3,9H,4-8,12H2,1H3. The Morgan fingerprint density at radius 3 is 2.93 bits per heavy atom. The van der Waals surface area contributed by atoms with Crippen LogP contribution in [0.3, 0.4) is 0 Å². The summed E-state index contributed by atoms with van der Waals surface area (Å²) in [7, 11) is 2.17. The Morgan fingerprint density at radius 2 is 2.33 bits per heavy atom. The number of hydrogen-bond donors (Lipinski definition) is 1. The summed E-state index contributed by atoms with van der Waals surface area (Å²) in [5.41, 5.74) is 5.59. The zero-order valence-corrected chi connectivity index (χ0v) is 9.93. The number of ether oxygens (including phenoxy) is 1. The van der Waals surface area contributed by atoms with E-state index in [-0.39, 0.29) is 0 Å². The smallest absolute Gasteiger partial charge is 0.0622 e. The van der Waals surface area contributed by atoms with Gasteiger partial charge < -0.3 is 10.5 Å². The summed E-state index contributed by atoms with van der Waals surface area (Å²) >= 11 is 1.81. The Bertz CT molecular complexity index is 307. The van der Waals surface area contributed by atoms with E-state index in [0.29, 0.717) is 12.6 Å². The summed E-state index contributed by atoms with van der Waals surface area (Å²) in [5.74, 6) is 0. The highest BCUT2D eigenvalue weighted by Crippen LogP contribution is 2.20. The summed E-state index contributed by atoms with van der Waals surface area (Å²) in [6.45, 7) is 3.46. The van der Waals surface area contributed by atoms with E-state index in [4.69, 9.17) is 10.5 Å². The molecule has 15 heavy (non-hydrogen) atoms. The molecule has 1 aromatic rings. The third kappa shape index (κ3) is 2.78. The molecule has 0 saturated carbocycles. The van der Waals surface area contributed by atoms with Crippen molar-refractivity contribution in [2.45, 2.75) is 25.6 Å². The summed E-state index contributed by atoms with van der Waals surface area (Å²) in [6.07, 6.45) is 1.16. The molecule has 1 atom stereocenters. The Labute approximate surface area is 94.8 Å². The van der Waals surface area contributed by atoms with Crippen molar-refractivity contribution in [1.29, 1.82) is 0 Å². The van der Waals surface area contributed by atoms with Crippen LogP contribution in [0.2, 0.25) is 0 Å². The van der Waals surface area contributed by atoms with Gasteiger partial charge in [0.2, 0.25) is 0 Å². The SMILES string of the molecule is CN(Cc1ccc(CN)s1)C1CCOC1. The monoisotopic (exact) mass is 226 g/mol. The van der Waals surface area contributed by atoms with Gasteiger partial charge >= 0.3 is 0 Å². The van der Waals surface area contributed by atoms with Gasteiger partial charge in [0.25, 0.3) is 0 Å². The summed E-state index contributed by atoms with van der Waals surface area (Å²) in [5, 5.41) is 0. The average Bonchev–Trinajstić information content (AvgIpc) is 2.87. The predicted molar refractivity (Wildman–Crippen MR) is 62.9 cm³/mol. The highest BCUT2D eigenvalue weighted by molar-refractivity contribution is 7.11. The fourth-order valence-electron chi connectivity index (χ4n) is 1.86. The molecule has 1 aromatic heterocycles. The van der Waals surface area contributed by atoms with E-state index < -0.39 is 0 Å². The van der Waals surface area contributed by atoms with Gasteiger partial charge in [-0.1, -0.05) is 0 Å². The molecule has 0 spiro atoms. The zero-order chi connectivity index (χ0) is 10.7. The molecule has 2 N–H and O–H groups in total. The van der Waals surface area contributed by atoms with Crippen molar-refractivity contribution in [3.63, 3.8) is 0 Å². The zero-order valence-electron chi connectivity index (χ0n) is 9.11.